The number of rotatable bonds is 8. The second kappa shape index (κ2) is 9.78. The molecule has 0 radical (unpaired) electrons. The molecule has 4 nitrogen and oxygen atoms in total. The molecule has 23 heavy (non-hydrogen) atoms. The Morgan fingerprint density at radius 2 is 1.96 bits per heavy atom. The number of hydrogen-bond donors (Lipinski definition) is 1. The molecule has 0 spiro atoms. The van der Waals surface area contributed by atoms with E-state index in [0.29, 0.717) is 19.5 Å². The van der Waals surface area contributed by atoms with Crippen LogP contribution < -0.4 is 10.5 Å². The van der Waals surface area contributed by atoms with Gasteiger partial charge in [-0.15, -0.1) is 12.4 Å². The molecule has 0 bridgehead atoms. The minimum Gasteiger partial charge on any atom is -0.496 e. The monoisotopic (exact) mass is 342 g/mol. The molecule has 1 atom stereocenters. The number of carbonyl (C=O) groups is 1. The second-order valence-corrected chi connectivity index (χ2v) is 6.94. The first kappa shape index (κ1) is 21.7. The molecular weight excluding hydrogens is 312 g/mol. The molecular formula is C18H31ClN2O2. The number of nitrogens with zero attached hydrogens (tertiary/aromatic N) is 1. The van der Waals surface area contributed by atoms with Gasteiger partial charge in [-0.05, 0) is 35.9 Å². The molecule has 0 saturated carbocycles. The van der Waals surface area contributed by atoms with E-state index in [0.717, 1.165) is 17.7 Å². The quantitative estimate of drug-likeness (QED) is 0.789. The predicted molar refractivity (Wildman–Crippen MR) is 98.2 cm³/mol. The van der Waals surface area contributed by atoms with Crippen LogP contribution in [0.1, 0.15) is 32.8 Å². The van der Waals surface area contributed by atoms with Gasteiger partial charge >= 0.3 is 0 Å². The van der Waals surface area contributed by atoms with Gasteiger partial charge in [-0.2, -0.15) is 0 Å². The van der Waals surface area contributed by atoms with Crippen molar-refractivity contribution in [1.82, 2.24) is 4.90 Å². The van der Waals surface area contributed by atoms with E-state index < -0.39 is 0 Å². The average molecular weight is 343 g/mol. The lowest BCUT2D eigenvalue weighted by Gasteiger charge is -2.29. The van der Waals surface area contributed by atoms with Gasteiger partial charge in [0, 0.05) is 20.0 Å². The normalized spacial score (nSPS) is 12.3. The summed E-state index contributed by atoms with van der Waals surface area (Å²) < 4.78 is 5.37. The lowest BCUT2D eigenvalue weighted by Crippen LogP contribution is -2.40. The van der Waals surface area contributed by atoms with E-state index in [1.54, 1.807) is 12.0 Å². The maximum Gasteiger partial charge on any atom is 0.222 e. The highest BCUT2D eigenvalue weighted by atomic mass is 35.5. The molecule has 0 aliphatic heterocycles. The van der Waals surface area contributed by atoms with Crippen molar-refractivity contribution >= 4 is 18.3 Å². The number of carbonyl (C=O) groups excluding carboxylic acids is 1. The fraction of sp³-hybridized carbons (Fsp3) is 0.611. The zero-order chi connectivity index (χ0) is 16.8. The number of para-hydroxylation sites is 1. The van der Waals surface area contributed by atoms with Crippen LogP contribution in [-0.4, -0.2) is 38.1 Å². The van der Waals surface area contributed by atoms with Gasteiger partial charge in [0.25, 0.3) is 0 Å². The highest BCUT2D eigenvalue weighted by Crippen LogP contribution is 2.23. The van der Waals surface area contributed by atoms with Gasteiger partial charge in [-0.3, -0.25) is 4.79 Å². The highest BCUT2D eigenvalue weighted by Gasteiger charge is 2.22. The Hall–Kier alpha value is -1.26. The van der Waals surface area contributed by atoms with E-state index in [1.165, 1.54) is 0 Å². The fourth-order valence-electron chi connectivity index (χ4n) is 2.57. The minimum atomic E-state index is -0.0453. The third kappa shape index (κ3) is 7.23. The van der Waals surface area contributed by atoms with Crippen LogP contribution in [0.3, 0.4) is 0 Å². The predicted octanol–water partition coefficient (Wildman–Crippen LogP) is 3.13. The number of ether oxygens (including phenoxy) is 1. The van der Waals surface area contributed by atoms with E-state index in [1.807, 2.05) is 25.2 Å². The van der Waals surface area contributed by atoms with Crippen LogP contribution >= 0.6 is 12.4 Å². The lowest BCUT2D eigenvalue weighted by atomic mass is 9.92. The number of nitrogens with two attached hydrogens (primary N) is 1. The molecule has 0 aliphatic rings. The van der Waals surface area contributed by atoms with E-state index in [9.17, 15) is 4.79 Å². The SMILES string of the molecule is COc1ccccc1CC(C)CC(=O)N(C)CC(C)(C)CN.Cl. The molecule has 1 unspecified atom stereocenters. The van der Waals surface area contributed by atoms with Crippen LogP contribution in [0.4, 0.5) is 0 Å². The van der Waals surface area contributed by atoms with Gasteiger partial charge in [0.2, 0.25) is 5.91 Å². The van der Waals surface area contributed by atoms with Gasteiger partial charge in [0.1, 0.15) is 5.75 Å². The molecule has 0 saturated heterocycles. The van der Waals surface area contributed by atoms with Crippen LogP contribution in [-0.2, 0) is 11.2 Å². The van der Waals surface area contributed by atoms with Crippen molar-refractivity contribution in [3.63, 3.8) is 0 Å². The fourth-order valence-corrected chi connectivity index (χ4v) is 2.57. The third-order valence-corrected chi connectivity index (χ3v) is 3.93. The van der Waals surface area contributed by atoms with Gasteiger partial charge in [0.15, 0.2) is 0 Å². The summed E-state index contributed by atoms with van der Waals surface area (Å²) in [6, 6.07) is 7.98. The molecule has 0 aliphatic carbocycles. The van der Waals surface area contributed by atoms with Gasteiger partial charge < -0.3 is 15.4 Å². The second-order valence-electron chi connectivity index (χ2n) is 6.94. The van der Waals surface area contributed by atoms with E-state index in [-0.39, 0.29) is 29.6 Å². The summed E-state index contributed by atoms with van der Waals surface area (Å²) >= 11 is 0. The van der Waals surface area contributed by atoms with Crippen LogP contribution in [0.2, 0.25) is 0 Å². The molecule has 0 fully saturated rings. The van der Waals surface area contributed by atoms with Crippen LogP contribution in [0.15, 0.2) is 24.3 Å². The zero-order valence-electron chi connectivity index (χ0n) is 15.0. The van der Waals surface area contributed by atoms with E-state index in [2.05, 4.69) is 26.8 Å². The van der Waals surface area contributed by atoms with E-state index in [4.69, 9.17) is 10.5 Å². The number of halogens is 1. The first-order valence-corrected chi connectivity index (χ1v) is 7.85. The smallest absolute Gasteiger partial charge is 0.222 e. The summed E-state index contributed by atoms with van der Waals surface area (Å²) in [4.78, 5) is 14.1. The maximum atomic E-state index is 12.3. The number of methoxy groups -OCH3 is 1. The zero-order valence-corrected chi connectivity index (χ0v) is 15.8. The van der Waals surface area contributed by atoms with Crippen molar-refractivity contribution in [3.05, 3.63) is 29.8 Å². The summed E-state index contributed by atoms with van der Waals surface area (Å²) in [5.41, 5.74) is 6.84. The summed E-state index contributed by atoms with van der Waals surface area (Å²) in [6.45, 7) is 7.52. The summed E-state index contributed by atoms with van der Waals surface area (Å²) in [7, 11) is 3.53. The highest BCUT2D eigenvalue weighted by molar-refractivity contribution is 5.85. The van der Waals surface area contributed by atoms with Crippen LogP contribution in [0, 0.1) is 11.3 Å². The molecule has 1 aromatic rings. The van der Waals surface area contributed by atoms with Gasteiger partial charge in [0.05, 0.1) is 7.11 Å². The number of hydrogen-bond acceptors (Lipinski definition) is 3. The topological polar surface area (TPSA) is 55.6 Å². The molecule has 1 rings (SSSR count). The molecule has 1 aromatic carbocycles. The molecule has 0 aromatic heterocycles. The van der Waals surface area contributed by atoms with E-state index >= 15 is 0 Å². The Labute approximate surface area is 146 Å². The molecule has 5 heteroatoms. The van der Waals surface area contributed by atoms with Crippen LogP contribution in [0.5, 0.6) is 5.75 Å². The Kier molecular flexibility index (Phi) is 9.25. The van der Waals surface area contributed by atoms with Gasteiger partial charge in [-0.25, -0.2) is 0 Å². The Bertz CT molecular complexity index is 492. The van der Waals surface area contributed by atoms with Crippen molar-refractivity contribution in [2.24, 2.45) is 17.1 Å². The average Bonchev–Trinajstić information content (AvgIpc) is 2.47. The first-order chi connectivity index (χ1) is 10.3. The van der Waals surface area contributed by atoms with Crippen molar-refractivity contribution in [2.75, 3.05) is 27.2 Å². The lowest BCUT2D eigenvalue weighted by molar-refractivity contribution is -0.131. The van der Waals surface area contributed by atoms with Gasteiger partial charge in [-0.1, -0.05) is 39.0 Å². The third-order valence-electron chi connectivity index (χ3n) is 3.93. The largest absolute Gasteiger partial charge is 0.496 e. The van der Waals surface area contributed by atoms with Crippen molar-refractivity contribution < 1.29 is 9.53 Å². The maximum absolute atomic E-state index is 12.3. The molecule has 132 valence electrons. The Morgan fingerprint density at radius 3 is 2.52 bits per heavy atom. The standard InChI is InChI=1S/C18H30N2O2.ClH/c1-14(10-15-8-6-7-9-16(15)22-5)11-17(21)20(4)13-18(2,3)12-19;/h6-9,14H,10-13,19H2,1-5H3;1H. The van der Waals surface area contributed by atoms with Crippen molar-refractivity contribution in [1.29, 1.82) is 0 Å². The Balaban J connectivity index is 0.00000484. The van der Waals surface area contributed by atoms with Crippen molar-refractivity contribution in [3.8, 4) is 5.75 Å². The minimum absolute atomic E-state index is 0. The molecule has 2 N–H and O–H groups in total. The summed E-state index contributed by atoms with van der Waals surface area (Å²) in [5, 5.41) is 0. The number of benzene rings is 1. The number of amides is 1. The summed E-state index contributed by atoms with van der Waals surface area (Å²) in [5.74, 6) is 1.33. The molecule has 1 amide bonds. The van der Waals surface area contributed by atoms with Crippen molar-refractivity contribution in [2.45, 2.75) is 33.6 Å². The first-order valence-electron chi connectivity index (χ1n) is 7.85. The van der Waals surface area contributed by atoms with Crippen LogP contribution in [0.25, 0.3) is 0 Å². The summed E-state index contributed by atoms with van der Waals surface area (Å²) in [6.07, 6.45) is 1.37. The molecule has 0 heterocycles. The Morgan fingerprint density at radius 1 is 1.35 bits per heavy atom.